The van der Waals surface area contributed by atoms with E-state index in [2.05, 4.69) is 17.2 Å². The van der Waals surface area contributed by atoms with Crippen molar-refractivity contribution in [3.05, 3.63) is 21.9 Å². The average Bonchev–Trinajstić information content (AvgIpc) is 2.97. The van der Waals surface area contributed by atoms with Gasteiger partial charge in [-0.15, -0.1) is 11.3 Å². The maximum absolute atomic E-state index is 12.0. The summed E-state index contributed by atoms with van der Waals surface area (Å²) in [6.45, 7) is 3.02. The van der Waals surface area contributed by atoms with Crippen molar-refractivity contribution in [2.45, 2.75) is 25.5 Å². The first kappa shape index (κ1) is 13.1. The molecule has 5 heteroatoms. The minimum atomic E-state index is -0.0607. The predicted molar refractivity (Wildman–Crippen MR) is 71.5 cm³/mol. The zero-order chi connectivity index (χ0) is 13.0. The highest BCUT2D eigenvalue weighted by Crippen LogP contribution is 2.16. The van der Waals surface area contributed by atoms with Gasteiger partial charge in [0.25, 0.3) is 5.91 Å². The Bertz CT molecular complexity index is 487. The van der Waals surface area contributed by atoms with E-state index in [4.69, 9.17) is 10.5 Å². The molecule has 0 aromatic carbocycles. The monoisotopic (exact) mass is 264 g/mol. The molecule has 1 fully saturated rings. The summed E-state index contributed by atoms with van der Waals surface area (Å²) in [5.41, 5.74) is 5.96. The molecular weight excluding hydrogens is 248 g/mol. The van der Waals surface area contributed by atoms with Gasteiger partial charge in [0, 0.05) is 12.0 Å². The standard InChI is InChI=1S/C13H16N2O2S/c1-9-12(4-6-17-9)15-13(16)10-7-11(18-8-10)3-2-5-14/h7-9,12H,4-6,14H2,1H3,(H,15,16). The maximum atomic E-state index is 12.0. The van der Waals surface area contributed by atoms with Gasteiger partial charge in [0.2, 0.25) is 0 Å². The second-order valence-corrected chi connectivity index (χ2v) is 5.06. The van der Waals surface area contributed by atoms with Gasteiger partial charge in [0.05, 0.1) is 29.1 Å². The molecule has 3 N–H and O–H groups in total. The lowest BCUT2D eigenvalue weighted by Gasteiger charge is -2.15. The molecule has 1 amide bonds. The van der Waals surface area contributed by atoms with Crippen molar-refractivity contribution in [2.24, 2.45) is 5.73 Å². The van der Waals surface area contributed by atoms with Crippen LogP contribution in [0.5, 0.6) is 0 Å². The van der Waals surface area contributed by atoms with Gasteiger partial charge in [0.1, 0.15) is 0 Å². The zero-order valence-corrected chi connectivity index (χ0v) is 11.0. The lowest BCUT2D eigenvalue weighted by atomic mass is 10.1. The fourth-order valence-electron chi connectivity index (χ4n) is 1.83. The first-order valence-corrected chi connectivity index (χ1v) is 6.78. The first-order chi connectivity index (χ1) is 8.70. The quantitative estimate of drug-likeness (QED) is 0.782. The van der Waals surface area contributed by atoms with Gasteiger partial charge < -0.3 is 15.8 Å². The van der Waals surface area contributed by atoms with Crippen molar-refractivity contribution in [1.29, 1.82) is 0 Å². The summed E-state index contributed by atoms with van der Waals surface area (Å²) in [6.07, 6.45) is 0.959. The number of rotatable bonds is 2. The second-order valence-electron chi connectivity index (χ2n) is 4.15. The summed E-state index contributed by atoms with van der Waals surface area (Å²) in [5, 5.41) is 4.80. The van der Waals surface area contributed by atoms with Crippen LogP contribution < -0.4 is 11.1 Å². The predicted octanol–water partition coefficient (Wildman–Crippen LogP) is 0.966. The highest BCUT2D eigenvalue weighted by Gasteiger charge is 2.26. The number of nitrogens with one attached hydrogen (secondary N) is 1. The van der Waals surface area contributed by atoms with Gasteiger partial charge >= 0.3 is 0 Å². The van der Waals surface area contributed by atoms with Crippen LogP contribution in [0.2, 0.25) is 0 Å². The van der Waals surface area contributed by atoms with E-state index in [1.54, 1.807) is 6.07 Å². The Kier molecular flexibility index (Phi) is 4.37. The van der Waals surface area contributed by atoms with Crippen molar-refractivity contribution in [1.82, 2.24) is 5.32 Å². The maximum Gasteiger partial charge on any atom is 0.252 e. The summed E-state index contributed by atoms with van der Waals surface area (Å²) in [6, 6.07) is 1.90. The first-order valence-electron chi connectivity index (χ1n) is 5.90. The normalized spacial score (nSPS) is 22.3. The molecule has 0 bridgehead atoms. The Labute approximate surface area is 111 Å². The molecule has 2 unspecified atom stereocenters. The lowest BCUT2D eigenvalue weighted by molar-refractivity contribution is 0.0866. The summed E-state index contributed by atoms with van der Waals surface area (Å²) in [7, 11) is 0. The number of thiophene rings is 1. The number of carbonyl (C=O) groups is 1. The Morgan fingerprint density at radius 1 is 1.72 bits per heavy atom. The van der Waals surface area contributed by atoms with Crippen molar-refractivity contribution < 1.29 is 9.53 Å². The number of amides is 1. The van der Waals surface area contributed by atoms with Crippen molar-refractivity contribution in [2.75, 3.05) is 13.2 Å². The van der Waals surface area contributed by atoms with Gasteiger partial charge in [-0.1, -0.05) is 11.8 Å². The van der Waals surface area contributed by atoms with Crippen molar-refractivity contribution >= 4 is 17.2 Å². The molecule has 1 aromatic rings. The lowest BCUT2D eigenvalue weighted by Crippen LogP contribution is -2.38. The van der Waals surface area contributed by atoms with Crippen molar-refractivity contribution in [3.8, 4) is 11.8 Å². The Morgan fingerprint density at radius 3 is 3.22 bits per heavy atom. The van der Waals surface area contributed by atoms with E-state index in [9.17, 15) is 4.79 Å². The van der Waals surface area contributed by atoms with Gasteiger partial charge in [-0.05, 0) is 19.4 Å². The third-order valence-corrected chi connectivity index (χ3v) is 3.71. The van der Waals surface area contributed by atoms with E-state index >= 15 is 0 Å². The van der Waals surface area contributed by atoms with E-state index in [0.29, 0.717) is 18.7 Å². The molecule has 0 radical (unpaired) electrons. The van der Waals surface area contributed by atoms with Gasteiger partial charge in [-0.25, -0.2) is 0 Å². The SMILES string of the molecule is CC1OCCC1NC(=O)c1csc(C#CCN)c1. The Morgan fingerprint density at radius 2 is 2.56 bits per heavy atom. The number of hydrogen-bond acceptors (Lipinski definition) is 4. The van der Waals surface area contributed by atoms with Gasteiger partial charge in [-0.2, -0.15) is 0 Å². The third kappa shape index (κ3) is 3.10. The van der Waals surface area contributed by atoms with Crippen LogP contribution in [0.4, 0.5) is 0 Å². The van der Waals surface area contributed by atoms with Crippen LogP contribution >= 0.6 is 11.3 Å². The Balaban J connectivity index is 1.98. The highest BCUT2D eigenvalue weighted by atomic mass is 32.1. The van der Waals surface area contributed by atoms with Crippen molar-refractivity contribution in [3.63, 3.8) is 0 Å². The molecule has 18 heavy (non-hydrogen) atoms. The number of carbonyl (C=O) groups excluding carboxylic acids is 1. The molecule has 1 aromatic heterocycles. The van der Waals surface area contributed by atoms with Crippen LogP contribution in [0, 0.1) is 11.8 Å². The molecule has 2 heterocycles. The van der Waals surface area contributed by atoms with E-state index in [-0.39, 0.29) is 18.1 Å². The molecule has 4 nitrogen and oxygen atoms in total. The molecule has 0 spiro atoms. The largest absolute Gasteiger partial charge is 0.376 e. The van der Waals surface area contributed by atoms with Crippen LogP contribution in [0.25, 0.3) is 0 Å². The van der Waals surface area contributed by atoms with E-state index in [0.717, 1.165) is 11.3 Å². The summed E-state index contributed by atoms with van der Waals surface area (Å²) in [5.74, 6) is 5.63. The summed E-state index contributed by atoms with van der Waals surface area (Å²) >= 11 is 1.46. The van der Waals surface area contributed by atoms with Crippen LogP contribution in [0.3, 0.4) is 0 Å². The second kappa shape index (κ2) is 6.01. The van der Waals surface area contributed by atoms with Gasteiger partial charge in [-0.3, -0.25) is 4.79 Å². The van der Waals surface area contributed by atoms with E-state index in [1.807, 2.05) is 12.3 Å². The average molecular weight is 264 g/mol. The third-order valence-electron chi connectivity index (χ3n) is 2.87. The molecule has 2 atom stereocenters. The van der Waals surface area contributed by atoms with Crippen LogP contribution in [-0.4, -0.2) is 31.2 Å². The molecule has 0 saturated carbocycles. The smallest absolute Gasteiger partial charge is 0.252 e. The molecule has 0 aliphatic carbocycles. The minimum Gasteiger partial charge on any atom is -0.376 e. The Hall–Kier alpha value is -1.35. The van der Waals surface area contributed by atoms with Crippen LogP contribution in [0.1, 0.15) is 28.6 Å². The van der Waals surface area contributed by atoms with Gasteiger partial charge in [0.15, 0.2) is 0 Å². The molecular formula is C13H16N2O2S. The number of nitrogens with two attached hydrogens (primary N) is 1. The fourth-order valence-corrected chi connectivity index (χ4v) is 2.59. The number of ether oxygens (including phenoxy) is 1. The molecule has 2 rings (SSSR count). The topological polar surface area (TPSA) is 64.3 Å². The van der Waals surface area contributed by atoms with Crippen LogP contribution in [-0.2, 0) is 4.74 Å². The van der Waals surface area contributed by atoms with E-state index < -0.39 is 0 Å². The van der Waals surface area contributed by atoms with E-state index in [1.165, 1.54) is 11.3 Å². The molecule has 1 aliphatic rings. The number of hydrogen-bond donors (Lipinski definition) is 2. The zero-order valence-electron chi connectivity index (χ0n) is 10.2. The summed E-state index contributed by atoms with van der Waals surface area (Å²) < 4.78 is 5.41. The summed E-state index contributed by atoms with van der Waals surface area (Å²) in [4.78, 5) is 12.9. The molecule has 96 valence electrons. The fraction of sp³-hybridized carbons (Fsp3) is 0.462. The highest BCUT2D eigenvalue weighted by molar-refractivity contribution is 7.10. The van der Waals surface area contributed by atoms with Crippen LogP contribution in [0.15, 0.2) is 11.4 Å². The molecule has 1 aliphatic heterocycles. The minimum absolute atomic E-state index is 0.0607. The molecule has 1 saturated heterocycles.